The van der Waals surface area contributed by atoms with Gasteiger partial charge in [-0.1, -0.05) is 25.0 Å². The second-order valence-electron chi connectivity index (χ2n) is 5.11. The number of rotatable bonds is 5. The number of hydrogen-bond donors (Lipinski definition) is 2. The highest BCUT2D eigenvalue weighted by Crippen LogP contribution is 2.17. The van der Waals surface area contributed by atoms with Crippen molar-refractivity contribution in [2.75, 3.05) is 13.7 Å². The van der Waals surface area contributed by atoms with Crippen LogP contribution in [0.5, 0.6) is 5.75 Å². The molecule has 0 amide bonds. The van der Waals surface area contributed by atoms with Gasteiger partial charge in [0, 0.05) is 12.1 Å². The molecule has 0 spiro atoms. The lowest BCUT2D eigenvalue weighted by atomic mass is 9.91. The fraction of sp³-hybridized carbons (Fsp3) is 0.600. The van der Waals surface area contributed by atoms with Gasteiger partial charge in [-0.05, 0) is 43.5 Å². The lowest BCUT2D eigenvalue weighted by Crippen LogP contribution is -2.47. The van der Waals surface area contributed by atoms with Gasteiger partial charge in [0.2, 0.25) is 0 Å². The summed E-state index contributed by atoms with van der Waals surface area (Å²) in [5.41, 5.74) is 7.46. The van der Waals surface area contributed by atoms with E-state index in [-0.39, 0.29) is 0 Å². The standard InChI is InChI=1S/C15H24N2O/c1-18-13-8-6-12(7-9-13)10-11-17-15-5-3-2-4-14(15)16/h6-9,14-15,17H,2-5,10-11,16H2,1H3/t14-,15-/m1/s1. The van der Waals surface area contributed by atoms with E-state index in [1.165, 1.54) is 31.2 Å². The normalized spacial score (nSPS) is 23.9. The summed E-state index contributed by atoms with van der Waals surface area (Å²) in [7, 11) is 1.70. The predicted molar refractivity (Wildman–Crippen MR) is 74.9 cm³/mol. The molecule has 1 aliphatic rings. The predicted octanol–water partition coefficient (Wildman–Crippen LogP) is 2.10. The van der Waals surface area contributed by atoms with Crippen LogP contribution in [0.4, 0.5) is 0 Å². The van der Waals surface area contributed by atoms with Crippen LogP contribution in [0.25, 0.3) is 0 Å². The first-order valence-electron chi connectivity index (χ1n) is 6.91. The molecule has 2 atom stereocenters. The molecule has 18 heavy (non-hydrogen) atoms. The molecule has 3 heteroatoms. The molecule has 3 nitrogen and oxygen atoms in total. The summed E-state index contributed by atoms with van der Waals surface area (Å²) < 4.78 is 5.15. The van der Waals surface area contributed by atoms with Gasteiger partial charge < -0.3 is 15.8 Å². The van der Waals surface area contributed by atoms with Gasteiger partial charge >= 0.3 is 0 Å². The van der Waals surface area contributed by atoms with Gasteiger partial charge in [-0.25, -0.2) is 0 Å². The van der Waals surface area contributed by atoms with Crippen LogP contribution in [-0.4, -0.2) is 25.7 Å². The molecule has 1 aliphatic carbocycles. The van der Waals surface area contributed by atoms with E-state index >= 15 is 0 Å². The van der Waals surface area contributed by atoms with Crippen molar-refractivity contribution in [2.24, 2.45) is 5.73 Å². The van der Waals surface area contributed by atoms with E-state index in [0.717, 1.165) is 18.7 Å². The van der Waals surface area contributed by atoms with Crippen LogP contribution in [0.3, 0.4) is 0 Å². The lowest BCUT2D eigenvalue weighted by molar-refractivity contribution is 0.329. The minimum Gasteiger partial charge on any atom is -0.497 e. The van der Waals surface area contributed by atoms with Crippen molar-refractivity contribution >= 4 is 0 Å². The van der Waals surface area contributed by atoms with Crippen molar-refractivity contribution in [3.63, 3.8) is 0 Å². The van der Waals surface area contributed by atoms with Crippen LogP contribution in [0.15, 0.2) is 24.3 Å². The SMILES string of the molecule is COc1ccc(CCN[C@@H]2CCCC[C@H]2N)cc1. The fourth-order valence-electron chi connectivity index (χ4n) is 2.61. The maximum atomic E-state index is 6.12. The summed E-state index contributed by atoms with van der Waals surface area (Å²) in [5.74, 6) is 0.918. The van der Waals surface area contributed by atoms with Crippen molar-refractivity contribution in [3.05, 3.63) is 29.8 Å². The molecule has 0 unspecified atom stereocenters. The Bertz CT molecular complexity index is 350. The van der Waals surface area contributed by atoms with Gasteiger partial charge in [0.05, 0.1) is 7.11 Å². The number of hydrogen-bond acceptors (Lipinski definition) is 3. The second kappa shape index (κ2) is 6.76. The molecule has 0 bridgehead atoms. The first kappa shape index (κ1) is 13.4. The van der Waals surface area contributed by atoms with Crippen molar-refractivity contribution in [3.8, 4) is 5.75 Å². The van der Waals surface area contributed by atoms with E-state index in [2.05, 4.69) is 17.4 Å². The van der Waals surface area contributed by atoms with Gasteiger partial charge in [-0.15, -0.1) is 0 Å². The molecule has 0 aromatic heterocycles. The van der Waals surface area contributed by atoms with E-state index in [0.29, 0.717) is 12.1 Å². The molecule has 0 heterocycles. The average molecular weight is 248 g/mol. The Hall–Kier alpha value is -1.06. The fourth-order valence-corrected chi connectivity index (χ4v) is 2.61. The van der Waals surface area contributed by atoms with E-state index < -0.39 is 0 Å². The van der Waals surface area contributed by atoms with E-state index in [9.17, 15) is 0 Å². The minimum absolute atomic E-state index is 0.342. The molecule has 0 aliphatic heterocycles. The molecule has 0 radical (unpaired) electrons. The second-order valence-corrected chi connectivity index (χ2v) is 5.11. The number of nitrogens with two attached hydrogens (primary N) is 1. The molecular formula is C15H24N2O. The first-order chi connectivity index (χ1) is 8.79. The maximum Gasteiger partial charge on any atom is 0.118 e. The van der Waals surface area contributed by atoms with Crippen LogP contribution in [0.2, 0.25) is 0 Å². The summed E-state index contributed by atoms with van der Waals surface area (Å²) in [6, 6.07) is 9.14. The van der Waals surface area contributed by atoms with Crippen molar-refractivity contribution in [1.82, 2.24) is 5.32 Å². The number of benzene rings is 1. The van der Waals surface area contributed by atoms with E-state index in [1.54, 1.807) is 7.11 Å². The van der Waals surface area contributed by atoms with Gasteiger partial charge in [0.25, 0.3) is 0 Å². The maximum absolute atomic E-state index is 6.12. The summed E-state index contributed by atoms with van der Waals surface area (Å²) in [6.45, 7) is 1.00. The monoisotopic (exact) mass is 248 g/mol. The average Bonchev–Trinajstić information content (AvgIpc) is 2.42. The third kappa shape index (κ3) is 3.72. The van der Waals surface area contributed by atoms with Crippen molar-refractivity contribution in [2.45, 2.75) is 44.2 Å². The molecule has 2 rings (SSSR count). The first-order valence-corrected chi connectivity index (χ1v) is 6.91. The van der Waals surface area contributed by atoms with Gasteiger partial charge in [0.1, 0.15) is 5.75 Å². The Morgan fingerprint density at radius 1 is 1.22 bits per heavy atom. The highest BCUT2D eigenvalue weighted by Gasteiger charge is 2.20. The van der Waals surface area contributed by atoms with Crippen LogP contribution >= 0.6 is 0 Å². The number of ether oxygens (including phenoxy) is 1. The van der Waals surface area contributed by atoms with Crippen LogP contribution in [0.1, 0.15) is 31.2 Å². The molecule has 3 N–H and O–H groups in total. The Labute approximate surface area is 110 Å². The van der Waals surface area contributed by atoms with Crippen molar-refractivity contribution in [1.29, 1.82) is 0 Å². The molecule has 100 valence electrons. The zero-order chi connectivity index (χ0) is 12.8. The lowest BCUT2D eigenvalue weighted by Gasteiger charge is -2.29. The zero-order valence-electron chi connectivity index (χ0n) is 11.2. The Balaban J connectivity index is 1.73. The van der Waals surface area contributed by atoms with E-state index in [1.807, 2.05) is 12.1 Å². The Morgan fingerprint density at radius 2 is 1.94 bits per heavy atom. The molecule has 1 aromatic rings. The van der Waals surface area contributed by atoms with Crippen molar-refractivity contribution < 1.29 is 4.74 Å². The summed E-state index contributed by atoms with van der Waals surface area (Å²) in [5, 5.41) is 3.59. The molecule has 1 saturated carbocycles. The minimum atomic E-state index is 0.342. The third-order valence-electron chi connectivity index (χ3n) is 3.80. The summed E-state index contributed by atoms with van der Waals surface area (Å²) in [6.07, 6.45) is 6.04. The van der Waals surface area contributed by atoms with Gasteiger partial charge in [-0.3, -0.25) is 0 Å². The summed E-state index contributed by atoms with van der Waals surface area (Å²) in [4.78, 5) is 0. The Morgan fingerprint density at radius 3 is 2.61 bits per heavy atom. The van der Waals surface area contributed by atoms with E-state index in [4.69, 9.17) is 10.5 Å². The molecule has 1 aromatic carbocycles. The molecule has 1 fully saturated rings. The molecular weight excluding hydrogens is 224 g/mol. The third-order valence-corrected chi connectivity index (χ3v) is 3.80. The van der Waals surface area contributed by atoms with Crippen LogP contribution < -0.4 is 15.8 Å². The van der Waals surface area contributed by atoms with Gasteiger partial charge in [-0.2, -0.15) is 0 Å². The van der Waals surface area contributed by atoms with Crippen LogP contribution in [0, 0.1) is 0 Å². The topological polar surface area (TPSA) is 47.3 Å². The number of methoxy groups -OCH3 is 1. The zero-order valence-corrected chi connectivity index (χ0v) is 11.2. The largest absolute Gasteiger partial charge is 0.497 e. The highest BCUT2D eigenvalue weighted by molar-refractivity contribution is 5.27. The van der Waals surface area contributed by atoms with Crippen LogP contribution in [-0.2, 0) is 6.42 Å². The highest BCUT2D eigenvalue weighted by atomic mass is 16.5. The Kier molecular flexibility index (Phi) is 5.02. The quantitative estimate of drug-likeness (QED) is 0.839. The van der Waals surface area contributed by atoms with Gasteiger partial charge in [0.15, 0.2) is 0 Å². The molecule has 0 saturated heterocycles. The smallest absolute Gasteiger partial charge is 0.118 e. The summed E-state index contributed by atoms with van der Waals surface area (Å²) >= 11 is 0. The number of nitrogens with one attached hydrogen (secondary N) is 1.